The minimum Gasteiger partial charge on any atom is -0.497 e. The standard InChI is InChI=1S/C30H41N7O8/c1-29(2,3)44-27(39)37-15-21(42-28(40)45-30(4,5)6)23(20(37)14-18-8-10-19(41-7)11-9-18)43-26(38)32-13-12-31-24-22-25(34-16-33-22)36-17-35-24/h8-11,16-17,20-21,23H,12-15H2,1-7H3,(H,32,38)(H2,31,33,34,35,36)/t20-,21+,23+/m1/s1. The zero-order chi connectivity index (χ0) is 32.8. The first kappa shape index (κ1) is 33.1. The van der Waals surface area contributed by atoms with Gasteiger partial charge >= 0.3 is 18.3 Å². The molecule has 3 heterocycles. The number of carbonyl (C=O) groups is 3. The first-order valence-electron chi connectivity index (χ1n) is 14.6. The summed E-state index contributed by atoms with van der Waals surface area (Å²) in [5.74, 6) is 1.19. The third kappa shape index (κ3) is 9.33. The maximum Gasteiger partial charge on any atom is 0.509 e. The molecule has 45 heavy (non-hydrogen) atoms. The van der Waals surface area contributed by atoms with E-state index in [1.54, 1.807) is 60.8 Å². The summed E-state index contributed by atoms with van der Waals surface area (Å²) in [6, 6.07) is 6.54. The zero-order valence-electron chi connectivity index (χ0n) is 26.6. The topological polar surface area (TPSA) is 179 Å². The molecule has 1 aliphatic heterocycles. The number of anilines is 1. The highest BCUT2D eigenvalue weighted by atomic mass is 16.7. The van der Waals surface area contributed by atoms with Crippen LogP contribution in [0.15, 0.2) is 36.9 Å². The van der Waals surface area contributed by atoms with E-state index in [2.05, 4.69) is 30.6 Å². The number of alkyl carbamates (subject to hydrolysis) is 1. The first-order chi connectivity index (χ1) is 21.2. The highest BCUT2D eigenvalue weighted by Gasteiger charge is 2.50. The van der Waals surface area contributed by atoms with Gasteiger partial charge in [-0.1, -0.05) is 12.1 Å². The quantitative estimate of drug-likeness (QED) is 0.176. The summed E-state index contributed by atoms with van der Waals surface area (Å²) in [5, 5.41) is 5.82. The second-order valence-corrected chi connectivity index (χ2v) is 12.4. The molecule has 4 rings (SSSR count). The summed E-state index contributed by atoms with van der Waals surface area (Å²) in [5.41, 5.74) is 0.361. The molecule has 3 atom stereocenters. The van der Waals surface area contributed by atoms with E-state index in [1.807, 2.05) is 12.1 Å². The van der Waals surface area contributed by atoms with Crippen LogP contribution in [-0.4, -0.2) is 99.4 Å². The average Bonchev–Trinajstić information content (AvgIpc) is 3.55. The van der Waals surface area contributed by atoms with Crippen molar-refractivity contribution in [3.05, 3.63) is 42.5 Å². The number of imidazole rings is 1. The van der Waals surface area contributed by atoms with Crippen molar-refractivity contribution in [3.8, 4) is 5.75 Å². The number of carbonyl (C=O) groups excluding carboxylic acids is 3. The molecular weight excluding hydrogens is 586 g/mol. The Hall–Kier alpha value is -4.82. The maximum absolute atomic E-state index is 13.4. The number of amides is 2. The third-order valence-corrected chi connectivity index (χ3v) is 6.54. The number of nitrogens with zero attached hydrogens (tertiary/aromatic N) is 4. The molecule has 15 nitrogen and oxygen atoms in total. The van der Waals surface area contributed by atoms with Crippen LogP contribution in [0.25, 0.3) is 11.2 Å². The molecule has 0 spiro atoms. The Morgan fingerprint density at radius 1 is 0.956 bits per heavy atom. The summed E-state index contributed by atoms with van der Waals surface area (Å²) in [7, 11) is 1.57. The predicted molar refractivity (Wildman–Crippen MR) is 163 cm³/mol. The fourth-order valence-corrected chi connectivity index (χ4v) is 4.68. The molecule has 0 bridgehead atoms. The van der Waals surface area contributed by atoms with Gasteiger partial charge in [0.1, 0.15) is 28.8 Å². The molecule has 3 N–H and O–H groups in total. The molecule has 0 saturated carbocycles. The van der Waals surface area contributed by atoms with Gasteiger partial charge in [0, 0.05) is 13.1 Å². The number of likely N-dealkylation sites (tertiary alicyclic amines) is 1. The van der Waals surface area contributed by atoms with Gasteiger partial charge in [0.15, 0.2) is 23.7 Å². The number of aromatic nitrogens is 4. The molecule has 1 aromatic carbocycles. The van der Waals surface area contributed by atoms with Gasteiger partial charge in [-0.15, -0.1) is 0 Å². The second-order valence-electron chi connectivity index (χ2n) is 12.4. The number of ether oxygens (including phenoxy) is 5. The van der Waals surface area contributed by atoms with Gasteiger partial charge in [0.05, 0.1) is 26.0 Å². The summed E-state index contributed by atoms with van der Waals surface area (Å²) in [4.78, 5) is 56.0. The number of H-pyrrole nitrogens is 1. The number of hydrogen-bond acceptors (Lipinski definition) is 12. The smallest absolute Gasteiger partial charge is 0.497 e. The van der Waals surface area contributed by atoms with E-state index < -0.39 is 47.8 Å². The number of aromatic amines is 1. The van der Waals surface area contributed by atoms with E-state index in [0.717, 1.165) is 5.56 Å². The fourth-order valence-electron chi connectivity index (χ4n) is 4.68. The van der Waals surface area contributed by atoms with Crippen molar-refractivity contribution < 1.29 is 38.1 Å². The van der Waals surface area contributed by atoms with Gasteiger partial charge in [-0.2, -0.15) is 0 Å². The number of hydrogen-bond donors (Lipinski definition) is 3. The summed E-state index contributed by atoms with van der Waals surface area (Å²) < 4.78 is 27.8. The summed E-state index contributed by atoms with van der Waals surface area (Å²) >= 11 is 0. The minimum absolute atomic E-state index is 0.0810. The molecule has 244 valence electrons. The van der Waals surface area contributed by atoms with Crippen LogP contribution in [0.1, 0.15) is 47.1 Å². The van der Waals surface area contributed by atoms with E-state index in [9.17, 15) is 14.4 Å². The summed E-state index contributed by atoms with van der Waals surface area (Å²) in [6.07, 6.45) is -1.26. The normalized spacial score (nSPS) is 18.3. The van der Waals surface area contributed by atoms with E-state index in [0.29, 0.717) is 29.3 Å². The monoisotopic (exact) mass is 627 g/mol. The number of rotatable bonds is 9. The predicted octanol–water partition coefficient (Wildman–Crippen LogP) is 4.05. The van der Waals surface area contributed by atoms with Crippen molar-refractivity contribution in [2.75, 3.05) is 32.1 Å². The second kappa shape index (κ2) is 13.9. The lowest BCUT2D eigenvalue weighted by Gasteiger charge is -2.30. The van der Waals surface area contributed by atoms with Crippen LogP contribution in [0, 0.1) is 0 Å². The van der Waals surface area contributed by atoms with E-state index >= 15 is 0 Å². The maximum atomic E-state index is 13.4. The Labute approximate surface area is 261 Å². The lowest BCUT2D eigenvalue weighted by Crippen LogP contribution is -2.46. The van der Waals surface area contributed by atoms with Crippen LogP contribution in [0.2, 0.25) is 0 Å². The van der Waals surface area contributed by atoms with Gasteiger partial charge in [-0.05, 0) is 65.7 Å². The Kier molecular flexibility index (Phi) is 10.2. The number of benzene rings is 1. The van der Waals surface area contributed by atoms with Crippen LogP contribution >= 0.6 is 0 Å². The molecule has 2 amide bonds. The first-order valence-corrected chi connectivity index (χ1v) is 14.6. The number of methoxy groups -OCH3 is 1. The van der Waals surface area contributed by atoms with Crippen molar-refractivity contribution in [2.45, 2.75) is 77.4 Å². The van der Waals surface area contributed by atoms with Crippen molar-refractivity contribution in [1.29, 1.82) is 0 Å². The molecule has 15 heteroatoms. The highest BCUT2D eigenvalue weighted by molar-refractivity contribution is 5.81. The van der Waals surface area contributed by atoms with E-state index in [1.165, 1.54) is 17.6 Å². The van der Waals surface area contributed by atoms with Gasteiger partial charge in [0.25, 0.3) is 0 Å². The lowest BCUT2D eigenvalue weighted by molar-refractivity contribution is -0.0517. The fraction of sp³-hybridized carbons (Fsp3) is 0.533. The van der Waals surface area contributed by atoms with Gasteiger partial charge in [-0.25, -0.2) is 29.3 Å². The van der Waals surface area contributed by atoms with E-state index in [4.69, 9.17) is 23.7 Å². The van der Waals surface area contributed by atoms with Gasteiger partial charge in [0.2, 0.25) is 0 Å². The van der Waals surface area contributed by atoms with Crippen LogP contribution in [-0.2, 0) is 25.4 Å². The van der Waals surface area contributed by atoms with Crippen molar-refractivity contribution in [3.63, 3.8) is 0 Å². The Morgan fingerprint density at radius 3 is 2.33 bits per heavy atom. The Bertz CT molecular complexity index is 1470. The molecule has 1 fully saturated rings. The third-order valence-electron chi connectivity index (χ3n) is 6.54. The largest absolute Gasteiger partial charge is 0.509 e. The van der Waals surface area contributed by atoms with Crippen molar-refractivity contribution >= 4 is 35.3 Å². The SMILES string of the molecule is COc1ccc(C[C@@H]2[C@H](OC(=O)NCCNc3ncnc4nc[nH]c34)[C@@H](OC(=O)OC(C)(C)C)CN2C(=O)OC(C)(C)C)cc1. The van der Waals surface area contributed by atoms with Crippen LogP contribution < -0.4 is 15.4 Å². The molecular formula is C30H41N7O8. The van der Waals surface area contributed by atoms with E-state index in [-0.39, 0.29) is 19.5 Å². The average molecular weight is 628 g/mol. The van der Waals surface area contributed by atoms with Crippen LogP contribution in [0.3, 0.4) is 0 Å². The van der Waals surface area contributed by atoms with Crippen molar-refractivity contribution in [1.82, 2.24) is 30.2 Å². The molecule has 0 radical (unpaired) electrons. The minimum atomic E-state index is -1.05. The molecule has 0 unspecified atom stereocenters. The number of nitrogens with one attached hydrogen (secondary N) is 3. The Balaban J connectivity index is 1.51. The molecule has 3 aromatic rings. The van der Waals surface area contributed by atoms with Gasteiger partial charge < -0.3 is 39.3 Å². The molecule has 2 aromatic heterocycles. The molecule has 1 saturated heterocycles. The van der Waals surface area contributed by atoms with Gasteiger partial charge in [-0.3, -0.25) is 4.90 Å². The van der Waals surface area contributed by atoms with Crippen LogP contribution in [0.5, 0.6) is 5.75 Å². The lowest BCUT2D eigenvalue weighted by atomic mass is 10.0. The van der Waals surface area contributed by atoms with Crippen molar-refractivity contribution in [2.24, 2.45) is 0 Å². The molecule has 0 aliphatic carbocycles. The summed E-state index contributed by atoms with van der Waals surface area (Å²) in [6.45, 7) is 10.8. The highest BCUT2D eigenvalue weighted by Crippen LogP contribution is 2.30. The Morgan fingerprint density at radius 2 is 1.67 bits per heavy atom. The zero-order valence-corrected chi connectivity index (χ0v) is 26.6. The molecule has 1 aliphatic rings. The number of fused-ring (bicyclic) bond motifs is 1. The van der Waals surface area contributed by atoms with Crippen LogP contribution in [0.4, 0.5) is 20.2 Å².